The Balaban J connectivity index is 1.93. The number of carbonyl (C=O) groups is 1. The molecule has 1 fully saturated rings. The van der Waals surface area contributed by atoms with Gasteiger partial charge in [0.15, 0.2) is 5.78 Å². The van der Waals surface area contributed by atoms with E-state index in [-0.39, 0.29) is 5.78 Å². The number of likely N-dealkylation sites (tertiary alicyclic amines) is 1. The van der Waals surface area contributed by atoms with Crippen molar-refractivity contribution in [3.05, 3.63) is 33.1 Å². The molecule has 1 aromatic heterocycles. The van der Waals surface area contributed by atoms with Crippen molar-refractivity contribution in [3.63, 3.8) is 0 Å². The second-order valence-electron chi connectivity index (χ2n) is 3.88. The third kappa shape index (κ3) is 3.19. The van der Waals surface area contributed by atoms with Crippen LogP contribution in [-0.4, -0.2) is 23.8 Å². The molecule has 0 aromatic carbocycles. The van der Waals surface area contributed by atoms with Crippen LogP contribution >= 0.6 is 27.3 Å². The number of rotatable bonds is 3. The monoisotopic (exact) mass is 299 g/mol. The first-order valence-corrected chi connectivity index (χ1v) is 7.08. The van der Waals surface area contributed by atoms with E-state index in [9.17, 15) is 4.79 Å². The van der Waals surface area contributed by atoms with Gasteiger partial charge < -0.3 is 4.90 Å². The Kier molecular flexibility index (Phi) is 4.18. The van der Waals surface area contributed by atoms with E-state index in [0.717, 1.165) is 21.8 Å². The van der Waals surface area contributed by atoms with E-state index < -0.39 is 0 Å². The lowest BCUT2D eigenvalue weighted by Crippen LogP contribution is -2.24. The van der Waals surface area contributed by atoms with Gasteiger partial charge in [-0.2, -0.15) is 0 Å². The van der Waals surface area contributed by atoms with Gasteiger partial charge in [-0.15, -0.1) is 11.3 Å². The number of nitrogens with zero attached hydrogens (tertiary/aromatic N) is 1. The predicted octanol–water partition coefficient (Wildman–Crippen LogP) is 3.69. The maximum absolute atomic E-state index is 11.8. The molecule has 1 aliphatic rings. The van der Waals surface area contributed by atoms with Crippen LogP contribution < -0.4 is 0 Å². The molecule has 0 aliphatic carbocycles. The summed E-state index contributed by atoms with van der Waals surface area (Å²) in [5, 5.41) is 0. The van der Waals surface area contributed by atoms with Crippen molar-refractivity contribution in [3.8, 4) is 0 Å². The maximum Gasteiger partial charge on any atom is 0.197 e. The van der Waals surface area contributed by atoms with Crippen molar-refractivity contribution in [1.82, 2.24) is 4.90 Å². The Bertz CT molecular complexity index is 393. The second kappa shape index (κ2) is 5.64. The number of piperidine rings is 1. The Morgan fingerprint density at radius 2 is 2.06 bits per heavy atom. The summed E-state index contributed by atoms with van der Waals surface area (Å²) in [6.07, 6.45) is 7.42. The summed E-state index contributed by atoms with van der Waals surface area (Å²) in [7, 11) is 0. The molecule has 2 nitrogen and oxygen atoms in total. The molecule has 1 saturated heterocycles. The summed E-state index contributed by atoms with van der Waals surface area (Å²) >= 11 is 4.84. The van der Waals surface area contributed by atoms with E-state index in [2.05, 4.69) is 20.8 Å². The van der Waals surface area contributed by atoms with Crippen molar-refractivity contribution in [2.24, 2.45) is 0 Å². The van der Waals surface area contributed by atoms with Gasteiger partial charge in [-0.25, -0.2) is 0 Å². The molecule has 4 heteroatoms. The first kappa shape index (κ1) is 11.9. The number of halogens is 1. The van der Waals surface area contributed by atoms with E-state index in [1.165, 1.54) is 30.6 Å². The molecule has 0 spiro atoms. The molecule has 1 aromatic rings. The number of allylic oxidation sites excluding steroid dienone is 1. The van der Waals surface area contributed by atoms with Crippen LogP contribution in [-0.2, 0) is 0 Å². The zero-order valence-corrected chi connectivity index (χ0v) is 11.4. The largest absolute Gasteiger partial charge is 0.377 e. The molecule has 0 N–H and O–H groups in total. The Morgan fingerprint density at radius 1 is 1.31 bits per heavy atom. The first-order valence-electron chi connectivity index (χ1n) is 5.47. The summed E-state index contributed by atoms with van der Waals surface area (Å²) in [6, 6.07) is 3.77. The van der Waals surface area contributed by atoms with Gasteiger partial charge in [0, 0.05) is 25.4 Å². The van der Waals surface area contributed by atoms with Crippen LogP contribution in [0.2, 0.25) is 0 Å². The molecular formula is C12H14BrNOS. The zero-order chi connectivity index (χ0) is 11.4. The molecule has 0 saturated carbocycles. The lowest BCUT2D eigenvalue weighted by molar-refractivity contribution is 0.104. The highest BCUT2D eigenvalue weighted by molar-refractivity contribution is 9.11. The van der Waals surface area contributed by atoms with E-state index in [1.54, 1.807) is 6.08 Å². The van der Waals surface area contributed by atoms with Crippen LogP contribution in [0.25, 0.3) is 0 Å². The normalized spacial score (nSPS) is 16.9. The van der Waals surface area contributed by atoms with E-state index in [4.69, 9.17) is 0 Å². The molecular weight excluding hydrogens is 286 g/mol. The molecule has 2 heterocycles. The molecule has 16 heavy (non-hydrogen) atoms. The zero-order valence-electron chi connectivity index (χ0n) is 8.99. The lowest BCUT2D eigenvalue weighted by Gasteiger charge is -2.24. The van der Waals surface area contributed by atoms with Gasteiger partial charge in [-0.3, -0.25) is 4.79 Å². The van der Waals surface area contributed by atoms with E-state index >= 15 is 0 Å². The predicted molar refractivity (Wildman–Crippen MR) is 70.9 cm³/mol. The van der Waals surface area contributed by atoms with Gasteiger partial charge in [0.1, 0.15) is 0 Å². The smallest absolute Gasteiger partial charge is 0.197 e. The number of ketones is 1. The molecule has 0 radical (unpaired) electrons. The molecule has 0 bridgehead atoms. The number of carbonyl (C=O) groups excluding carboxylic acids is 1. The second-order valence-corrected chi connectivity index (χ2v) is 6.34. The summed E-state index contributed by atoms with van der Waals surface area (Å²) in [6.45, 7) is 2.16. The van der Waals surface area contributed by atoms with Crippen molar-refractivity contribution in [2.45, 2.75) is 19.3 Å². The van der Waals surface area contributed by atoms with Crippen LogP contribution in [0.15, 0.2) is 28.2 Å². The minimum absolute atomic E-state index is 0.0984. The van der Waals surface area contributed by atoms with Gasteiger partial charge in [0.25, 0.3) is 0 Å². The third-order valence-corrected chi connectivity index (χ3v) is 4.28. The highest BCUT2D eigenvalue weighted by Gasteiger charge is 2.08. The van der Waals surface area contributed by atoms with E-state index in [1.807, 2.05) is 18.3 Å². The first-order chi connectivity index (χ1) is 7.75. The van der Waals surface area contributed by atoms with Crippen LogP contribution in [0.1, 0.15) is 28.9 Å². The molecule has 2 rings (SSSR count). The third-order valence-electron chi connectivity index (χ3n) is 2.64. The Labute approximate surface area is 108 Å². The number of hydrogen-bond acceptors (Lipinski definition) is 3. The standard InChI is InChI=1S/C12H14BrNOS/c13-12-5-4-11(16-12)10(15)6-9-14-7-2-1-3-8-14/h4-6,9H,1-3,7-8H2. The maximum atomic E-state index is 11.8. The van der Waals surface area contributed by atoms with Gasteiger partial charge in [0.05, 0.1) is 8.66 Å². The van der Waals surface area contributed by atoms with Crippen molar-refractivity contribution in [2.75, 3.05) is 13.1 Å². The lowest BCUT2D eigenvalue weighted by atomic mass is 10.1. The van der Waals surface area contributed by atoms with Gasteiger partial charge in [-0.1, -0.05) is 0 Å². The topological polar surface area (TPSA) is 20.3 Å². The molecule has 0 amide bonds. The van der Waals surface area contributed by atoms with Gasteiger partial charge in [0.2, 0.25) is 0 Å². The summed E-state index contributed by atoms with van der Waals surface area (Å²) in [4.78, 5) is 14.8. The Morgan fingerprint density at radius 3 is 2.69 bits per heavy atom. The fourth-order valence-electron chi connectivity index (χ4n) is 1.77. The van der Waals surface area contributed by atoms with Crippen LogP contribution in [0.3, 0.4) is 0 Å². The van der Waals surface area contributed by atoms with Gasteiger partial charge in [-0.05, 0) is 47.3 Å². The summed E-state index contributed by atoms with van der Waals surface area (Å²) < 4.78 is 1.00. The van der Waals surface area contributed by atoms with E-state index in [0.29, 0.717) is 0 Å². The van der Waals surface area contributed by atoms with Crippen LogP contribution in [0.5, 0.6) is 0 Å². The van der Waals surface area contributed by atoms with Gasteiger partial charge >= 0.3 is 0 Å². The highest BCUT2D eigenvalue weighted by Crippen LogP contribution is 2.22. The summed E-state index contributed by atoms with van der Waals surface area (Å²) in [5.74, 6) is 0.0984. The van der Waals surface area contributed by atoms with Crippen LogP contribution in [0.4, 0.5) is 0 Å². The van der Waals surface area contributed by atoms with Crippen molar-refractivity contribution in [1.29, 1.82) is 0 Å². The van der Waals surface area contributed by atoms with Crippen molar-refractivity contribution >= 4 is 33.0 Å². The highest BCUT2D eigenvalue weighted by atomic mass is 79.9. The summed E-state index contributed by atoms with van der Waals surface area (Å²) in [5.41, 5.74) is 0. The average Bonchev–Trinajstić information content (AvgIpc) is 2.74. The fraction of sp³-hybridized carbons (Fsp3) is 0.417. The molecule has 0 atom stereocenters. The van der Waals surface area contributed by atoms with Crippen LogP contribution in [0, 0.1) is 0 Å². The number of thiophene rings is 1. The Hall–Kier alpha value is -0.610. The molecule has 0 unspecified atom stereocenters. The van der Waals surface area contributed by atoms with Crippen molar-refractivity contribution < 1.29 is 4.79 Å². The molecule has 86 valence electrons. The minimum Gasteiger partial charge on any atom is -0.377 e. The minimum atomic E-state index is 0.0984. The molecule has 1 aliphatic heterocycles. The fourth-order valence-corrected chi connectivity index (χ4v) is 3.08. The quantitative estimate of drug-likeness (QED) is 0.627. The number of hydrogen-bond donors (Lipinski definition) is 0. The SMILES string of the molecule is O=C(C=CN1CCCCC1)c1ccc(Br)s1. The average molecular weight is 300 g/mol.